The standard InChI is InChI=1S/C35H37N3O5/c1-24(9-7-15-32(40)36-20-8-13-28(36)23-39)35(43)29-21-27(38-30-14-6-5-12-26(30)16-19-33(38)41)17-18-31(29)37(34(35)42)22-25-10-3-2-4-11-25/h2-7,9-12,14,17-18,21,24,28,39,43H,8,13,15-16,19-20,22-23H2,1H3/b9-7+/t24-,28-,35+/m0/s1. The van der Waals surface area contributed by atoms with Crippen LogP contribution in [0.3, 0.4) is 0 Å². The SMILES string of the molecule is C[C@@H](/C=C/CC(=O)N1CCC[C@H]1CO)[C@]1(O)C(=O)N(Cc2ccccc2)c2ccc(N3C(=O)CCc4ccccc43)cc21. The molecule has 8 heteroatoms. The number of hydrogen-bond acceptors (Lipinski definition) is 5. The molecule has 0 saturated carbocycles. The van der Waals surface area contributed by atoms with Crippen molar-refractivity contribution < 1.29 is 24.6 Å². The first-order valence-corrected chi connectivity index (χ1v) is 15.0. The number of aryl methyl sites for hydroxylation is 1. The van der Waals surface area contributed by atoms with Gasteiger partial charge in [-0.15, -0.1) is 0 Å². The van der Waals surface area contributed by atoms with Crippen molar-refractivity contribution in [2.45, 2.75) is 57.2 Å². The average Bonchev–Trinajstić information content (AvgIpc) is 3.59. The number of anilines is 3. The molecule has 3 amide bonds. The lowest BCUT2D eigenvalue weighted by Crippen LogP contribution is -2.44. The van der Waals surface area contributed by atoms with Crippen LogP contribution in [0.25, 0.3) is 0 Å². The molecule has 3 heterocycles. The Labute approximate surface area is 251 Å². The highest BCUT2D eigenvalue weighted by Gasteiger charge is 2.53. The van der Waals surface area contributed by atoms with Gasteiger partial charge in [-0.1, -0.05) is 67.6 Å². The van der Waals surface area contributed by atoms with Crippen LogP contribution in [0.15, 0.2) is 84.9 Å². The molecule has 0 aliphatic carbocycles. The van der Waals surface area contributed by atoms with Crippen LogP contribution in [0, 0.1) is 5.92 Å². The highest BCUT2D eigenvalue weighted by Crippen LogP contribution is 2.48. The first-order chi connectivity index (χ1) is 20.8. The van der Waals surface area contributed by atoms with E-state index < -0.39 is 17.4 Å². The maximum Gasteiger partial charge on any atom is 0.264 e. The van der Waals surface area contributed by atoms with Crippen molar-refractivity contribution >= 4 is 34.8 Å². The Morgan fingerprint density at radius 2 is 1.79 bits per heavy atom. The zero-order valence-corrected chi connectivity index (χ0v) is 24.4. The number of carbonyl (C=O) groups is 3. The van der Waals surface area contributed by atoms with Crippen LogP contribution >= 0.6 is 0 Å². The number of nitrogens with zero attached hydrogens (tertiary/aromatic N) is 3. The summed E-state index contributed by atoms with van der Waals surface area (Å²) in [6.07, 6.45) is 6.25. The van der Waals surface area contributed by atoms with Crippen molar-refractivity contribution in [2.24, 2.45) is 5.92 Å². The topological polar surface area (TPSA) is 101 Å². The molecule has 0 radical (unpaired) electrons. The fourth-order valence-corrected chi connectivity index (χ4v) is 6.69. The molecule has 0 bridgehead atoms. The van der Waals surface area contributed by atoms with Gasteiger partial charge in [0.15, 0.2) is 5.60 Å². The predicted octanol–water partition coefficient (Wildman–Crippen LogP) is 4.60. The van der Waals surface area contributed by atoms with Gasteiger partial charge in [0.1, 0.15) is 0 Å². The van der Waals surface area contributed by atoms with Gasteiger partial charge in [-0.3, -0.25) is 19.3 Å². The quantitative estimate of drug-likeness (QED) is 0.380. The van der Waals surface area contributed by atoms with Gasteiger partial charge in [0.25, 0.3) is 5.91 Å². The van der Waals surface area contributed by atoms with Crippen LogP contribution in [0.1, 0.15) is 49.3 Å². The maximum absolute atomic E-state index is 14.1. The van der Waals surface area contributed by atoms with E-state index in [4.69, 9.17) is 0 Å². The number of rotatable bonds is 8. The van der Waals surface area contributed by atoms with Crippen molar-refractivity contribution in [1.29, 1.82) is 0 Å². The third kappa shape index (κ3) is 5.15. The summed E-state index contributed by atoms with van der Waals surface area (Å²) in [4.78, 5) is 45.2. The summed E-state index contributed by atoms with van der Waals surface area (Å²) in [5, 5.41) is 21.9. The number of carbonyl (C=O) groups excluding carboxylic acids is 3. The van der Waals surface area contributed by atoms with Crippen molar-refractivity contribution in [2.75, 3.05) is 23.0 Å². The van der Waals surface area contributed by atoms with E-state index in [0.29, 0.717) is 36.3 Å². The van der Waals surface area contributed by atoms with E-state index in [1.165, 1.54) is 0 Å². The normalized spacial score (nSPS) is 22.3. The van der Waals surface area contributed by atoms with Crippen molar-refractivity contribution in [3.8, 4) is 0 Å². The molecule has 1 fully saturated rings. The van der Waals surface area contributed by atoms with E-state index in [1.54, 1.807) is 39.8 Å². The lowest BCUT2D eigenvalue weighted by atomic mass is 9.82. The maximum atomic E-state index is 14.1. The van der Waals surface area contributed by atoms with Crippen LogP contribution in [0.2, 0.25) is 0 Å². The smallest absolute Gasteiger partial charge is 0.264 e. The summed E-state index contributed by atoms with van der Waals surface area (Å²) in [7, 11) is 0. The van der Waals surface area contributed by atoms with E-state index in [9.17, 15) is 24.6 Å². The third-order valence-electron chi connectivity index (χ3n) is 9.07. The van der Waals surface area contributed by atoms with Gasteiger partial charge >= 0.3 is 0 Å². The third-order valence-corrected chi connectivity index (χ3v) is 9.07. The summed E-state index contributed by atoms with van der Waals surface area (Å²) >= 11 is 0. The summed E-state index contributed by atoms with van der Waals surface area (Å²) in [5.41, 5.74) is 2.53. The Balaban J connectivity index is 1.35. The number of aliphatic hydroxyl groups excluding tert-OH is 1. The van der Waals surface area contributed by atoms with E-state index in [1.807, 2.05) is 66.7 Å². The number of amides is 3. The van der Waals surface area contributed by atoms with Crippen molar-refractivity contribution in [3.05, 3.63) is 102 Å². The summed E-state index contributed by atoms with van der Waals surface area (Å²) < 4.78 is 0. The van der Waals surface area contributed by atoms with Crippen molar-refractivity contribution in [3.63, 3.8) is 0 Å². The molecule has 8 nitrogen and oxygen atoms in total. The minimum atomic E-state index is -1.90. The van der Waals surface area contributed by atoms with Gasteiger partial charge in [0.2, 0.25) is 11.8 Å². The van der Waals surface area contributed by atoms with Gasteiger partial charge in [-0.05, 0) is 54.7 Å². The fourth-order valence-electron chi connectivity index (χ4n) is 6.69. The van der Waals surface area contributed by atoms with Gasteiger partial charge < -0.3 is 20.0 Å². The van der Waals surface area contributed by atoms with Gasteiger partial charge in [-0.2, -0.15) is 0 Å². The molecule has 0 aromatic heterocycles. The molecule has 6 rings (SSSR count). The lowest BCUT2D eigenvalue weighted by molar-refractivity contribution is -0.139. The molecular weight excluding hydrogens is 542 g/mol. The Kier molecular flexibility index (Phi) is 7.90. The average molecular weight is 580 g/mol. The molecule has 43 heavy (non-hydrogen) atoms. The van der Waals surface area contributed by atoms with E-state index >= 15 is 0 Å². The number of benzene rings is 3. The van der Waals surface area contributed by atoms with Crippen molar-refractivity contribution in [1.82, 2.24) is 4.90 Å². The zero-order chi connectivity index (χ0) is 30.1. The number of fused-ring (bicyclic) bond motifs is 2. The summed E-state index contributed by atoms with van der Waals surface area (Å²) in [6.45, 7) is 2.63. The van der Waals surface area contributed by atoms with Crippen LogP contribution in [-0.4, -0.2) is 52.0 Å². The highest BCUT2D eigenvalue weighted by molar-refractivity contribution is 6.09. The second kappa shape index (κ2) is 11.8. The van der Waals surface area contributed by atoms with Gasteiger partial charge in [0.05, 0.1) is 30.6 Å². The Hall–Kier alpha value is -4.27. The molecule has 3 aromatic rings. The monoisotopic (exact) mass is 579 g/mol. The van der Waals surface area contributed by atoms with Gasteiger partial charge in [0, 0.05) is 36.6 Å². The van der Waals surface area contributed by atoms with Crippen LogP contribution in [-0.2, 0) is 33.0 Å². The summed E-state index contributed by atoms with van der Waals surface area (Å²) in [5.74, 6) is -1.24. The first-order valence-electron chi connectivity index (χ1n) is 15.0. The molecule has 3 aromatic carbocycles. The zero-order valence-electron chi connectivity index (χ0n) is 24.4. The molecule has 3 aliphatic rings. The molecule has 1 saturated heterocycles. The first kappa shape index (κ1) is 28.8. The number of para-hydroxylation sites is 1. The van der Waals surface area contributed by atoms with E-state index in [0.717, 1.165) is 29.7 Å². The molecule has 0 spiro atoms. The highest BCUT2D eigenvalue weighted by atomic mass is 16.3. The molecule has 0 unspecified atom stereocenters. The Morgan fingerprint density at radius 1 is 1.02 bits per heavy atom. The number of hydrogen-bond donors (Lipinski definition) is 2. The van der Waals surface area contributed by atoms with Gasteiger partial charge in [-0.25, -0.2) is 0 Å². The molecule has 2 N–H and O–H groups in total. The van der Waals surface area contributed by atoms with Crippen LogP contribution in [0.5, 0.6) is 0 Å². The second-order valence-electron chi connectivity index (χ2n) is 11.7. The van der Waals surface area contributed by atoms with Crippen LogP contribution < -0.4 is 9.80 Å². The largest absolute Gasteiger partial charge is 0.394 e. The predicted molar refractivity (Wildman–Crippen MR) is 165 cm³/mol. The van der Waals surface area contributed by atoms with E-state index in [-0.39, 0.29) is 37.4 Å². The number of aliphatic hydroxyl groups is 2. The van der Waals surface area contributed by atoms with Crippen LogP contribution in [0.4, 0.5) is 17.1 Å². The van der Waals surface area contributed by atoms with E-state index in [2.05, 4.69) is 0 Å². The fraction of sp³-hybridized carbons (Fsp3) is 0.343. The Bertz CT molecular complexity index is 1570. The Morgan fingerprint density at radius 3 is 2.58 bits per heavy atom. The molecular formula is C35H37N3O5. The minimum Gasteiger partial charge on any atom is -0.394 e. The molecule has 3 aliphatic heterocycles. The summed E-state index contributed by atoms with van der Waals surface area (Å²) in [6, 6.07) is 22.7. The molecule has 222 valence electrons. The minimum absolute atomic E-state index is 0.0396. The second-order valence-corrected chi connectivity index (χ2v) is 11.7. The number of likely N-dealkylation sites (tertiary alicyclic amines) is 1. The molecule has 3 atom stereocenters. The lowest BCUT2D eigenvalue weighted by Gasteiger charge is -2.31.